The number of nitrogens with zero attached hydrogens (tertiary/aromatic N) is 1. The summed E-state index contributed by atoms with van der Waals surface area (Å²) < 4.78 is 6.65. The van der Waals surface area contributed by atoms with E-state index in [1.807, 2.05) is 0 Å². The molecule has 3 aliphatic rings. The van der Waals surface area contributed by atoms with Crippen molar-refractivity contribution in [3.8, 4) is 16.9 Å². The fourth-order valence-electron chi connectivity index (χ4n) is 5.33. The lowest BCUT2D eigenvalue weighted by molar-refractivity contribution is 0.0496. The van der Waals surface area contributed by atoms with Crippen LogP contribution in [0.25, 0.3) is 11.1 Å². The van der Waals surface area contributed by atoms with Gasteiger partial charge in [-0.2, -0.15) is 0 Å². The monoisotopic (exact) mass is 347 g/mol. The van der Waals surface area contributed by atoms with Gasteiger partial charge < -0.3 is 9.64 Å². The Kier molecular flexibility index (Phi) is 4.04. The van der Waals surface area contributed by atoms with Crippen LogP contribution in [0.2, 0.25) is 0 Å². The van der Waals surface area contributed by atoms with Crippen molar-refractivity contribution in [2.75, 3.05) is 13.1 Å². The number of ether oxygens (including phenoxy) is 1. The van der Waals surface area contributed by atoms with Gasteiger partial charge in [-0.05, 0) is 74.5 Å². The van der Waals surface area contributed by atoms with Gasteiger partial charge >= 0.3 is 0 Å². The Bertz CT molecular complexity index is 796. The molecule has 0 saturated carbocycles. The summed E-state index contributed by atoms with van der Waals surface area (Å²) >= 11 is 0. The lowest BCUT2D eigenvalue weighted by atomic mass is 9.85. The maximum Gasteiger partial charge on any atom is 0.123 e. The minimum absolute atomic E-state index is 0.0466. The Balaban J connectivity index is 1.41. The van der Waals surface area contributed by atoms with Crippen LogP contribution in [-0.4, -0.2) is 29.6 Å². The number of hydrogen-bond donors (Lipinski definition) is 0. The SMILES string of the molecule is Cc1ccc(-c2ccc3c(c2)CC2(CCCN4CCCCC4C2)O3)cc1. The van der Waals surface area contributed by atoms with Gasteiger partial charge in [0.1, 0.15) is 11.4 Å². The quantitative estimate of drug-likeness (QED) is 0.687. The van der Waals surface area contributed by atoms with Crippen LogP contribution in [0.1, 0.15) is 49.7 Å². The van der Waals surface area contributed by atoms with E-state index in [9.17, 15) is 0 Å². The molecule has 0 aromatic heterocycles. The summed E-state index contributed by atoms with van der Waals surface area (Å²) in [5.74, 6) is 1.13. The Labute approximate surface area is 157 Å². The van der Waals surface area contributed by atoms with Crippen LogP contribution in [0.3, 0.4) is 0 Å². The lowest BCUT2D eigenvalue weighted by Gasteiger charge is -2.37. The van der Waals surface area contributed by atoms with Crippen molar-refractivity contribution < 1.29 is 4.74 Å². The van der Waals surface area contributed by atoms with Crippen LogP contribution in [-0.2, 0) is 6.42 Å². The summed E-state index contributed by atoms with van der Waals surface area (Å²) in [4.78, 5) is 2.74. The Morgan fingerprint density at radius 2 is 1.77 bits per heavy atom. The van der Waals surface area contributed by atoms with E-state index in [4.69, 9.17) is 4.74 Å². The van der Waals surface area contributed by atoms with Crippen LogP contribution >= 0.6 is 0 Å². The van der Waals surface area contributed by atoms with Gasteiger partial charge in [0.25, 0.3) is 0 Å². The van der Waals surface area contributed by atoms with E-state index in [1.165, 1.54) is 73.9 Å². The molecule has 3 heterocycles. The van der Waals surface area contributed by atoms with Crippen molar-refractivity contribution in [2.45, 2.75) is 63.5 Å². The molecular weight excluding hydrogens is 318 g/mol. The number of hydrogen-bond acceptors (Lipinski definition) is 2. The van der Waals surface area contributed by atoms with Gasteiger partial charge in [-0.3, -0.25) is 0 Å². The van der Waals surface area contributed by atoms with Crippen molar-refractivity contribution in [3.05, 3.63) is 53.6 Å². The highest BCUT2D eigenvalue weighted by atomic mass is 16.5. The van der Waals surface area contributed by atoms with E-state index in [1.54, 1.807) is 0 Å². The number of rotatable bonds is 1. The van der Waals surface area contributed by atoms with E-state index >= 15 is 0 Å². The zero-order valence-corrected chi connectivity index (χ0v) is 15.8. The van der Waals surface area contributed by atoms with Gasteiger partial charge in [0.15, 0.2) is 0 Å². The average Bonchev–Trinajstić information content (AvgIpc) is 2.90. The second-order valence-corrected chi connectivity index (χ2v) is 8.64. The summed E-state index contributed by atoms with van der Waals surface area (Å²) in [7, 11) is 0. The molecule has 2 aromatic rings. The first-order chi connectivity index (χ1) is 12.7. The van der Waals surface area contributed by atoms with Gasteiger partial charge in [0.2, 0.25) is 0 Å². The van der Waals surface area contributed by atoms with Crippen LogP contribution in [0.15, 0.2) is 42.5 Å². The van der Waals surface area contributed by atoms with E-state index < -0.39 is 0 Å². The molecule has 2 nitrogen and oxygen atoms in total. The summed E-state index contributed by atoms with van der Waals surface area (Å²) in [6, 6.07) is 16.4. The van der Waals surface area contributed by atoms with Gasteiger partial charge in [-0.25, -0.2) is 0 Å². The Morgan fingerprint density at radius 3 is 2.65 bits per heavy atom. The van der Waals surface area contributed by atoms with Crippen molar-refractivity contribution in [2.24, 2.45) is 0 Å². The van der Waals surface area contributed by atoms with Gasteiger partial charge in [0, 0.05) is 18.9 Å². The van der Waals surface area contributed by atoms with E-state index in [-0.39, 0.29) is 5.60 Å². The predicted molar refractivity (Wildman–Crippen MR) is 107 cm³/mol. The molecule has 2 atom stereocenters. The first-order valence-corrected chi connectivity index (χ1v) is 10.3. The van der Waals surface area contributed by atoms with E-state index in [0.717, 1.165) is 18.2 Å². The third-order valence-electron chi connectivity index (χ3n) is 6.72. The van der Waals surface area contributed by atoms with Gasteiger partial charge in [-0.1, -0.05) is 42.3 Å². The molecule has 0 aliphatic carbocycles. The number of piperidine rings is 1. The third kappa shape index (κ3) is 2.95. The molecule has 2 aromatic carbocycles. The highest BCUT2D eigenvalue weighted by molar-refractivity contribution is 5.66. The lowest BCUT2D eigenvalue weighted by Crippen LogP contribution is -2.44. The normalized spacial score (nSPS) is 28.3. The maximum absolute atomic E-state index is 6.65. The fourth-order valence-corrected chi connectivity index (χ4v) is 5.33. The molecule has 2 saturated heterocycles. The minimum atomic E-state index is 0.0466. The zero-order valence-electron chi connectivity index (χ0n) is 15.8. The number of fused-ring (bicyclic) bond motifs is 2. The molecule has 3 aliphatic heterocycles. The molecule has 2 heteroatoms. The van der Waals surface area contributed by atoms with E-state index in [2.05, 4.69) is 54.3 Å². The fraction of sp³-hybridized carbons (Fsp3) is 0.500. The first-order valence-electron chi connectivity index (χ1n) is 10.3. The van der Waals surface area contributed by atoms with Crippen molar-refractivity contribution >= 4 is 0 Å². The van der Waals surface area contributed by atoms with Crippen LogP contribution in [0.5, 0.6) is 5.75 Å². The highest BCUT2D eigenvalue weighted by Gasteiger charge is 2.44. The standard InChI is InChI=1S/C24H29NO/c1-18-6-8-19(9-7-18)20-10-11-23-21(15-20)16-24(26-23)12-4-14-25-13-3-2-5-22(25)17-24/h6-11,15,22H,2-5,12-14,16-17H2,1H3. The molecule has 0 radical (unpaired) electrons. The molecule has 0 N–H and O–H groups in total. The third-order valence-corrected chi connectivity index (χ3v) is 6.72. The summed E-state index contributed by atoms with van der Waals surface area (Å²) in [6.45, 7) is 4.71. The molecule has 1 spiro atoms. The second kappa shape index (κ2) is 6.42. The van der Waals surface area contributed by atoms with Crippen molar-refractivity contribution in [1.29, 1.82) is 0 Å². The number of aryl methyl sites for hydroxylation is 1. The second-order valence-electron chi connectivity index (χ2n) is 8.64. The molecule has 2 unspecified atom stereocenters. The zero-order chi connectivity index (χ0) is 17.6. The molecule has 26 heavy (non-hydrogen) atoms. The molecular formula is C24H29NO. The highest BCUT2D eigenvalue weighted by Crippen LogP contribution is 2.44. The summed E-state index contributed by atoms with van der Waals surface area (Å²) in [5.41, 5.74) is 5.39. The van der Waals surface area contributed by atoms with Crippen molar-refractivity contribution in [3.63, 3.8) is 0 Å². The van der Waals surface area contributed by atoms with Crippen LogP contribution < -0.4 is 4.74 Å². The smallest absolute Gasteiger partial charge is 0.123 e. The van der Waals surface area contributed by atoms with Crippen molar-refractivity contribution in [1.82, 2.24) is 4.90 Å². The largest absolute Gasteiger partial charge is 0.487 e. The Hall–Kier alpha value is -1.80. The summed E-state index contributed by atoms with van der Waals surface area (Å²) in [5, 5.41) is 0. The molecule has 2 fully saturated rings. The number of benzene rings is 2. The Morgan fingerprint density at radius 1 is 0.962 bits per heavy atom. The topological polar surface area (TPSA) is 12.5 Å². The van der Waals surface area contributed by atoms with E-state index in [0.29, 0.717) is 0 Å². The summed E-state index contributed by atoms with van der Waals surface area (Å²) in [6.07, 6.45) is 8.90. The van der Waals surface area contributed by atoms with Gasteiger partial charge in [-0.15, -0.1) is 0 Å². The molecule has 136 valence electrons. The molecule has 0 amide bonds. The molecule has 0 bridgehead atoms. The van der Waals surface area contributed by atoms with Gasteiger partial charge in [0.05, 0.1) is 0 Å². The average molecular weight is 348 g/mol. The minimum Gasteiger partial charge on any atom is -0.487 e. The first kappa shape index (κ1) is 16.4. The van der Waals surface area contributed by atoms with Crippen LogP contribution in [0.4, 0.5) is 0 Å². The van der Waals surface area contributed by atoms with Crippen LogP contribution in [0, 0.1) is 6.92 Å². The predicted octanol–water partition coefficient (Wildman–Crippen LogP) is 5.37. The maximum atomic E-state index is 6.65. The molecule has 5 rings (SSSR count).